The number of hydroxylamine groups is 1. The number of aromatic nitrogens is 3. The van der Waals surface area contributed by atoms with Gasteiger partial charge in [-0.25, -0.2) is 24.8 Å². The van der Waals surface area contributed by atoms with Crippen molar-refractivity contribution in [3.05, 3.63) is 92.8 Å². The lowest BCUT2D eigenvalue weighted by atomic mass is 9.81. The van der Waals surface area contributed by atoms with Crippen LogP contribution in [0.15, 0.2) is 70.3 Å². The first-order chi connectivity index (χ1) is 17.8. The lowest BCUT2D eigenvalue weighted by Crippen LogP contribution is -2.46. The Kier molecular flexibility index (Phi) is 10.0. The summed E-state index contributed by atoms with van der Waals surface area (Å²) in [7, 11) is 1.38. The molecule has 1 aromatic heterocycles. The minimum absolute atomic E-state index is 0.0798. The first kappa shape index (κ1) is 27.7. The molecule has 0 radical (unpaired) electrons. The number of nitrogens with one attached hydrogen (secondary N) is 3. The molecule has 0 aliphatic rings. The summed E-state index contributed by atoms with van der Waals surface area (Å²) < 4.78 is 1.60. The third kappa shape index (κ3) is 8.04. The summed E-state index contributed by atoms with van der Waals surface area (Å²) in [6.45, 7) is 4.08. The van der Waals surface area contributed by atoms with Gasteiger partial charge < -0.3 is 0 Å². The van der Waals surface area contributed by atoms with Crippen molar-refractivity contribution in [2.24, 2.45) is 24.8 Å². The van der Waals surface area contributed by atoms with E-state index in [0.29, 0.717) is 23.9 Å². The van der Waals surface area contributed by atoms with Gasteiger partial charge in [-0.3, -0.25) is 19.9 Å². The molecule has 10 heteroatoms. The zero-order valence-electron chi connectivity index (χ0n) is 21.5. The molecule has 0 bridgehead atoms. The normalized spacial score (nSPS) is 12.8. The van der Waals surface area contributed by atoms with Crippen LogP contribution in [0.5, 0.6) is 0 Å². The molecule has 2 aromatic carbocycles. The Balaban J connectivity index is 1.78. The number of nitrogens with zero attached hydrogens (tertiary/aromatic N) is 2. The number of benzene rings is 2. The van der Waals surface area contributed by atoms with Crippen LogP contribution >= 0.6 is 0 Å². The Labute approximate surface area is 215 Å². The smallest absolute Gasteiger partial charge is 0.273 e. The molecule has 37 heavy (non-hydrogen) atoms. The summed E-state index contributed by atoms with van der Waals surface area (Å²) in [6.07, 6.45) is 2.20. The molecule has 1 heterocycles. The van der Waals surface area contributed by atoms with Gasteiger partial charge in [0, 0.05) is 7.05 Å². The van der Waals surface area contributed by atoms with Crippen LogP contribution in [0, 0.1) is 17.8 Å². The van der Waals surface area contributed by atoms with Crippen LogP contribution in [0.4, 0.5) is 0 Å². The maximum Gasteiger partial charge on any atom is 0.366 e. The van der Waals surface area contributed by atoms with E-state index >= 15 is 0 Å². The van der Waals surface area contributed by atoms with Gasteiger partial charge in [-0.05, 0) is 42.7 Å². The van der Waals surface area contributed by atoms with E-state index in [-0.39, 0.29) is 12.5 Å². The lowest BCUT2D eigenvalue weighted by molar-refractivity contribution is -0.144. The molecule has 198 valence electrons. The van der Waals surface area contributed by atoms with Crippen molar-refractivity contribution in [3.8, 4) is 0 Å². The summed E-state index contributed by atoms with van der Waals surface area (Å²) in [4.78, 5) is 56.6. The number of H-pyrrole nitrogens is 1. The fourth-order valence-electron chi connectivity index (χ4n) is 4.26. The molecule has 0 aliphatic heterocycles. The van der Waals surface area contributed by atoms with E-state index in [1.807, 2.05) is 74.5 Å². The number of rotatable bonds is 13. The van der Waals surface area contributed by atoms with Gasteiger partial charge in [0.05, 0.1) is 18.4 Å². The summed E-state index contributed by atoms with van der Waals surface area (Å²) in [5.74, 6) is -2.44. The molecule has 3 N–H and O–H groups in total. The number of carbonyl (C=O) groups excluding carboxylic acids is 2. The van der Waals surface area contributed by atoms with Gasteiger partial charge in [-0.1, -0.05) is 74.5 Å². The third-order valence-corrected chi connectivity index (χ3v) is 6.13. The Hall–Kier alpha value is -3.92. The van der Waals surface area contributed by atoms with Gasteiger partial charge >= 0.3 is 11.4 Å². The molecule has 10 nitrogen and oxygen atoms in total. The van der Waals surface area contributed by atoms with Crippen LogP contribution in [-0.4, -0.2) is 26.3 Å². The molecule has 0 spiro atoms. The summed E-state index contributed by atoms with van der Waals surface area (Å²) in [5, 5.41) is 2.31. The fourth-order valence-corrected chi connectivity index (χ4v) is 4.26. The van der Waals surface area contributed by atoms with Gasteiger partial charge in [0.25, 0.3) is 0 Å². The van der Waals surface area contributed by atoms with Gasteiger partial charge in [0.1, 0.15) is 0 Å². The average molecular weight is 510 g/mol. The zero-order chi connectivity index (χ0) is 26.8. The second kappa shape index (κ2) is 13.4. The molecule has 1 unspecified atom stereocenters. The standard InChI is InChI=1S/C27H35N5O5/c1-19(2)17-23(24(33)28-32-26(35)29-31(3)27(32)36)22(16-10-15-20-11-6-4-7-12-20)25(34)30-37-18-21-13-8-5-9-14-21/h4-9,11-14,19,22-23H,10,15-18H2,1-3H3,(H,28,33)(H,29,35)(H,30,34)/t22-,23?/m1/s1. The van der Waals surface area contributed by atoms with Crippen LogP contribution in [-0.2, 0) is 34.5 Å². The number of hydrogen-bond donors (Lipinski definition) is 3. The summed E-state index contributed by atoms with van der Waals surface area (Å²) >= 11 is 0. The maximum absolute atomic E-state index is 13.4. The van der Waals surface area contributed by atoms with E-state index < -0.39 is 35.0 Å². The van der Waals surface area contributed by atoms with E-state index in [1.54, 1.807) is 0 Å². The molecule has 2 amide bonds. The highest BCUT2D eigenvalue weighted by Crippen LogP contribution is 2.27. The average Bonchev–Trinajstić information content (AvgIpc) is 3.12. The molecule has 0 saturated carbocycles. The van der Waals surface area contributed by atoms with Crippen LogP contribution in [0.25, 0.3) is 0 Å². The minimum atomic E-state index is -0.789. The van der Waals surface area contributed by atoms with Crippen molar-refractivity contribution >= 4 is 11.8 Å². The van der Waals surface area contributed by atoms with Crippen LogP contribution in [0.1, 0.15) is 44.2 Å². The second-order valence-corrected chi connectivity index (χ2v) is 9.53. The van der Waals surface area contributed by atoms with Crippen molar-refractivity contribution in [3.63, 3.8) is 0 Å². The predicted octanol–water partition coefficient (Wildman–Crippen LogP) is 2.49. The highest BCUT2D eigenvalue weighted by atomic mass is 16.6. The first-order valence-electron chi connectivity index (χ1n) is 12.4. The quantitative estimate of drug-likeness (QED) is 0.305. The number of carbonyl (C=O) groups is 2. The highest BCUT2D eigenvalue weighted by molar-refractivity contribution is 5.91. The Morgan fingerprint density at radius 1 is 0.919 bits per heavy atom. The van der Waals surface area contributed by atoms with Gasteiger partial charge in [0.15, 0.2) is 0 Å². The molecule has 0 saturated heterocycles. The van der Waals surface area contributed by atoms with E-state index in [9.17, 15) is 19.2 Å². The predicted molar refractivity (Wildman–Crippen MR) is 140 cm³/mol. The van der Waals surface area contributed by atoms with Crippen molar-refractivity contribution in [2.75, 3.05) is 5.43 Å². The fraction of sp³-hybridized carbons (Fsp3) is 0.407. The number of aryl methyl sites for hydroxylation is 2. The van der Waals surface area contributed by atoms with Gasteiger partial charge in [-0.15, -0.1) is 4.68 Å². The highest BCUT2D eigenvalue weighted by Gasteiger charge is 2.35. The summed E-state index contributed by atoms with van der Waals surface area (Å²) in [5.41, 5.74) is 5.48. The number of amides is 2. The van der Waals surface area contributed by atoms with Crippen molar-refractivity contribution in [1.29, 1.82) is 0 Å². The minimum Gasteiger partial charge on any atom is -0.273 e. The Morgan fingerprint density at radius 2 is 1.54 bits per heavy atom. The van der Waals surface area contributed by atoms with Gasteiger partial charge in [-0.2, -0.15) is 0 Å². The second-order valence-electron chi connectivity index (χ2n) is 9.53. The van der Waals surface area contributed by atoms with E-state index in [1.165, 1.54) is 7.05 Å². The lowest BCUT2D eigenvalue weighted by Gasteiger charge is -2.27. The van der Waals surface area contributed by atoms with Crippen LogP contribution in [0.3, 0.4) is 0 Å². The van der Waals surface area contributed by atoms with E-state index in [4.69, 9.17) is 4.84 Å². The monoisotopic (exact) mass is 509 g/mol. The first-order valence-corrected chi connectivity index (χ1v) is 12.4. The molecular weight excluding hydrogens is 474 g/mol. The SMILES string of the molecule is CC(C)CC(C(=O)Nn1c(=O)[nH]n(C)c1=O)[C@@H](CCCc1ccccc1)C(=O)NOCc1ccccc1. The molecule has 2 atom stereocenters. The third-order valence-electron chi connectivity index (χ3n) is 6.13. The maximum atomic E-state index is 13.4. The largest absolute Gasteiger partial charge is 0.366 e. The summed E-state index contributed by atoms with van der Waals surface area (Å²) in [6, 6.07) is 19.3. The number of hydrogen-bond acceptors (Lipinski definition) is 5. The van der Waals surface area contributed by atoms with Crippen molar-refractivity contribution < 1.29 is 14.4 Å². The topological polar surface area (TPSA) is 127 Å². The molecule has 0 aliphatic carbocycles. The van der Waals surface area contributed by atoms with E-state index in [0.717, 1.165) is 22.2 Å². The van der Waals surface area contributed by atoms with Crippen LogP contribution < -0.4 is 22.3 Å². The molecule has 3 rings (SSSR count). The number of aromatic amines is 1. The molecule has 3 aromatic rings. The Morgan fingerprint density at radius 3 is 2.11 bits per heavy atom. The van der Waals surface area contributed by atoms with Crippen molar-refractivity contribution in [1.82, 2.24) is 19.9 Å². The van der Waals surface area contributed by atoms with Gasteiger partial charge in [0.2, 0.25) is 11.8 Å². The molecule has 0 fully saturated rings. The molecular formula is C27H35N5O5. The zero-order valence-corrected chi connectivity index (χ0v) is 21.5. The Bertz CT molecular complexity index is 1260. The van der Waals surface area contributed by atoms with E-state index in [2.05, 4.69) is 16.0 Å². The van der Waals surface area contributed by atoms with Crippen LogP contribution in [0.2, 0.25) is 0 Å². The van der Waals surface area contributed by atoms with Crippen molar-refractivity contribution in [2.45, 2.75) is 46.1 Å².